The van der Waals surface area contributed by atoms with Crippen LogP contribution in [0.5, 0.6) is 0 Å². The molecule has 1 aromatic carbocycles. The van der Waals surface area contributed by atoms with E-state index in [1.165, 1.54) is 24.1 Å². The maximum absolute atomic E-state index is 11.5. The van der Waals surface area contributed by atoms with Gasteiger partial charge in [0.2, 0.25) is 11.1 Å². The lowest BCUT2D eigenvalue weighted by molar-refractivity contribution is 0.0590. The number of ether oxygens (including phenoxy) is 1. The standard InChI is InChI=1S/C12H9ClN2O3/c1-18-12(17)11-10(16)6-7-15(14-11)9-4-2-8(13)3-5-9/h2-7H,1H3. The molecule has 18 heavy (non-hydrogen) atoms. The first-order valence-corrected chi connectivity index (χ1v) is 5.44. The van der Waals surface area contributed by atoms with Gasteiger partial charge in [0.05, 0.1) is 12.8 Å². The molecule has 0 saturated heterocycles. The third kappa shape index (κ3) is 2.41. The van der Waals surface area contributed by atoms with Crippen LogP contribution < -0.4 is 5.43 Å². The lowest BCUT2D eigenvalue weighted by Gasteiger charge is -2.06. The molecule has 6 heteroatoms. The molecule has 0 atom stereocenters. The summed E-state index contributed by atoms with van der Waals surface area (Å²) < 4.78 is 5.90. The first-order valence-electron chi connectivity index (χ1n) is 5.06. The largest absolute Gasteiger partial charge is 0.464 e. The Bertz CT molecular complexity index is 635. The molecule has 1 heterocycles. The number of nitrogens with zero attached hydrogens (tertiary/aromatic N) is 2. The Labute approximate surface area is 108 Å². The highest BCUT2D eigenvalue weighted by Crippen LogP contribution is 2.12. The Morgan fingerprint density at radius 1 is 1.28 bits per heavy atom. The summed E-state index contributed by atoms with van der Waals surface area (Å²) in [5, 5.41) is 4.52. The SMILES string of the molecule is COC(=O)c1nn(-c2ccc(Cl)cc2)ccc1=O. The molecule has 0 aliphatic heterocycles. The molecule has 0 spiro atoms. The molecule has 0 aliphatic rings. The first kappa shape index (κ1) is 12.3. The van der Waals surface area contributed by atoms with E-state index in [0.29, 0.717) is 10.7 Å². The first-order chi connectivity index (χ1) is 8.61. The summed E-state index contributed by atoms with van der Waals surface area (Å²) in [4.78, 5) is 22.8. The molecule has 0 radical (unpaired) electrons. The van der Waals surface area contributed by atoms with Crippen molar-refractivity contribution in [3.8, 4) is 5.69 Å². The average Bonchev–Trinajstić information content (AvgIpc) is 2.39. The van der Waals surface area contributed by atoms with Crippen LogP contribution in [0.25, 0.3) is 5.69 Å². The molecule has 0 aliphatic carbocycles. The second kappa shape index (κ2) is 5.01. The highest BCUT2D eigenvalue weighted by molar-refractivity contribution is 6.30. The Kier molecular flexibility index (Phi) is 3.43. The van der Waals surface area contributed by atoms with E-state index >= 15 is 0 Å². The number of rotatable bonds is 2. The minimum atomic E-state index is -0.761. The summed E-state index contributed by atoms with van der Waals surface area (Å²) in [6, 6.07) is 8.08. The molecule has 92 valence electrons. The molecule has 0 unspecified atom stereocenters. The zero-order valence-electron chi connectivity index (χ0n) is 9.46. The number of aromatic nitrogens is 2. The highest BCUT2D eigenvalue weighted by Gasteiger charge is 2.13. The molecule has 0 amide bonds. The number of benzene rings is 1. The molecule has 2 aromatic rings. The van der Waals surface area contributed by atoms with Gasteiger partial charge in [-0.15, -0.1) is 0 Å². The van der Waals surface area contributed by atoms with Crippen LogP contribution >= 0.6 is 11.6 Å². The fourth-order valence-electron chi connectivity index (χ4n) is 1.38. The van der Waals surface area contributed by atoms with Crippen LogP contribution in [0.15, 0.2) is 41.3 Å². The average molecular weight is 265 g/mol. The quantitative estimate of drug-likeness (QED) is 0.774. The van der Waals surface area contributed by atoms with Crippen molar-refractivity contribution in [1.29, 1.82) is 0 Å². The van der Waals surface area contributed by atoms with E-state index in [1.54, 1.807) is 24.3 Å². The van der Waals surface area contributed by atoms with Crippen LogP contribution in [0.3, 0.4) is 0 Å². The van der Waals surface area contributed by atoms with Crippen molar-refractivity contribution in [2.45, 2.75) is 0 Å². The van der Waals surface area contributed by atoms with E-state index < -0.39 is 11.4 Å². The van der Waals surface area contributed by atoms with Gasteiger partial charge in [0, 0.05) is 17.3 Å². The van der Waals surface area contributed by atoms with Crippen molar-refractivity contribution in [3.05, 3.63) is 57.5 Å². The Morgan fingerprint density at radius 2 is 1.94 bits per heavy atom. The van der Waals surface area contributed by atoms with Crippen LogP contribution in [0.2, 0.25) is 5.02 Å². The molecule has 1 aromatic heterocycles. The summed E-state index contributed by atoms with van der Waals surface area (Å²) in [6.45, 7) is 0. The zero-order chi connectivity index (χ0) is 13.1. The van der Waals surface area contributed by atoms with Crippen LogP contribution in [0, 0.1) is 0 Å². The molecule has 2 rings (SSSR count). The molecule has 0 N–H and O–H groups in total. The summed E-state index contributed by atoms with van der Waals surface area (Å²) in [5.74, 6) is -0.761. The van der Waals surface area contributed by atoms with E-state index in [-0.39, 0.29) is 5.69 Å². The second-order valence-corrected chi connectivity index (χ2v) is 3.88. The van der Waals surface area contributed by atoms with Gasteiger partial charge in [-0.1, -0.05) is 11.6 Å². The van der Waals surface area contributed by atoms with Crippen molar-refractivity contribution >= 4 is 17.6 Å². The minimum absolute atomic E-state index is 0.255. The fraction of sp³-hybridized carbons (Fsp3) is 0.0833. The Balaban J connectivity index is 2.50. The third-order valence-electron chi connectivity index (χ3n) is 2.28. The Morgan fingerprint density at radius 3 is 2.56 bits per heavy atom. The second-order valence-electron chi connectivity index (χ2n) is 3.44. The van der Waals surface area contributed by atoms with E-state index in [1.807, 2.05) is 0 Å². The van der Waals surface area contributed by atoms with Crippen molar-refractivity contribution in [1.82, 2.24) is 9.78 Å². The van der Waals surface area contributed by atoms with Gasteiger partial charge in [-0.05, 0) is 24.3 Å². The molecule has 0 fully saturated rings. The predicted molar refractivity (Wildman–Crippen MR) is 66.2 cm³/mol. The van der Waals surface area contributed by atoms with Crippen molar-refractivity contribution in [2.24, 2.45) is 0 Å². The Hall–Kier alpha value is -2.14. The van der Waals surface area contributed by atoms with Gasteiger partial charge < -0.3 is 4.74 Å². The lowest BCUT2D eigenvalue weighted by Crippen LogP contribution is -2.21. The van der Waals surface area contributed by atoms with Crippen LogP contribution in [0.4, 0.5) is 0 Å². The number of esters is 1. The van der Waals surface area contributed by atoms with Gasteiger partial charge in [-0.2, -0.15) is 5.10 Å². The van der Waals surface area contributed by atoms with Crippen LogP contribution in [0.1, 0.15) is 10.5 Å². The van der Waals surface area contributed by atoms with Gasteiger partial charge >= 0.3 is 5.97 Å². The molecular formula is C12H9ClN2O3. The maximum Gasteiger partial charge on any atom is 0.362 e. The van der Waals surface area contributed by atoms with E-state index in [2.05, 4.69) is 9.84 Å². The number of hydrogen-bond donors (Lipinski definition) is 0. The molecular weight excluding hydrogens is 256 g/mol. The normalized spacial score (nSPS) is 10.1. The fourth-order valence-corrected chi connectivity index (χ4v) is 1.51. The molecule has 5 nitrogen and oxygen atoms in total. The number of hydrogen-bond acceptors (Lipinski definition) is 4. The summed E-state index contributed by atoms with van der Waals surface area (Å²) >= 11 is 5.77. The van der Waals surface area contributed by atoms with Crippen molar-refractivity contribution in [2.75, 3.05) is 7.11 Å². The van der Waals surface area contributed by atoms with Gasteiger partial charge in [0.1, 0.15) is 0 Å². The van der Waals surface area contributed by atoms with Crippen molar-refractivity contribution < 1.29 is 9.53 Å². The van der Waals surface area contributed by atoms with Crippen LogP contribution in [-0.4, -0.2) is 22.9 Å². The maximum atomic E-state index is 11.5. The van der Waals surface area contributed by atoms with Gasteiger partial charge in [0.25, 0.3) is 0 Å². The summed E-state index contributed by atoms with van der Waals surface area (Å²) in [6.07, 6.45) is 1.47. The third-order valence-corrected chi connectivity index (χ3v) is 2.53. The highest BCUT2D eigenvalue weighted by atomic mass is 35.5. The predicted octanol–water partition coefficient (Wildman–Crippen LogP) is 1.67. The summed E-state index contributed by atoms with van der Waals surface area (Å²) in [7, 11) is 1.20. The number of methoxy groups -OCH3 is 1. The topological polar surface area (TPSA) is 61.2 Å². The molecule has 0 saturated carbocycles. The van der Waals surface area contributed by atoms with Gasteiger partial charge in [-0.3, -0.25) is 4.79 Å². The smallest absolute Gasteiger partial charge is 0.362 e. The minimum Gasteiger partial charge on any atom is -0.464 e. The number of carbonyl (C=O) groups excluding carboxylic acids is 1. The van der Waals surface area contributed by atoms with E-state index in [0.717, 1.165) is 0 Å². The lowest BCUT2D eigenvalue weighted by atomic mass is 10.3. The van der Waals surface area contributed by atoms with Gasteiger partial charge in [-0.25, -0.2) is 9.48 Å². The monoisotopic (exact) mass is 264 g/mol. The van der Waals surface area contributed by atoms with Crippen molar-refractivity contribution in [3.63, 3.8) is 0 Å². The number of carbonyl (C=O) groups is 1. The van der Waals surface area contributed by atoms with E-state index in [9.17, 15) is 9.59 Å². The number of halogens is 1. The zero-order valence-corrected chi connectivity index (χ0v) is 10.2. The molecule has 0 bridgehead atoms. The summed E-state index contributed by atoms with van der Waals surface area (Å²) in [5.41, 5.74) is -0.0495. The van der Waals surface area contributed by atoms with Crippen LogP contribution in [-0.2, 0) is 4.74 Å². The van der Waals surface area contributed by atoms with Gasteiger partial charge in [0.15, 0.2) is 0 Å². The van der Waals surface area contributed by atoms with E-state index in [4.69, 9.17) is 11.6 Å².